The molecule has 0 saturated carbocycles. The average molecular weight is 273 g/mol. The molecule has 0 radical (unpaired) electrons. The number of hydrogen-bond donors (Lipinski definition) is 0. The van der Waals surface area contributed by atoms with E-state index in [2.05, 4.69) is 0 Å². The lowest BCUT2D eigenvalue weighted by Gasteiger charge is -2.06. The van der Waals surface area contributed by atoms with Gasteiger partial charge in [0, 0.05) is 16.7 Å². The van der Waals surface area contributed by atoms with E-state index in [9.17, 15) is 4.39 Å². The molecule has 0 aliphatic rings. The first-order valence-electron chi connectivity index (χ1n) is 5.80. The van der Waals surface area contributed by atoms with Gasteiger partial charge in [0.2, 0.25) is 0 Å². The molecule has 4 heteroatoms. The largest absolute Gasteiger partial charge is 0.493 e. The Hall–Kier alpha value is -1.99. The Morgan fingerprint density at radius 2 is 1.95 bits per heavy atom. The first kappa shape index (κ1) is 13.4. The lowest BCUT2D eigenvalue weighted by atomic mass is 10.2. The predicted octanol–water partition coefficient (Wildman–Crippen LogP) is 3.87. The Kier molecular flexibility index (Phi) is 4.82. The van der Waals surface area contributed by atoms with E-state index in [-0.39, 0.29) is 5.56 Å². The van der Waals surface area contributed by atoms with Gasteiger partial charge in [-0.2, -0.15) is 5.26 Å². The van der Waals surface area contributed by atoms with Gasteiger partial charge in [0.1, 0.15) is 17.6 Å². The molecule has 19 heavy (non-hydrogen) atoms. The molecule has 0 saturated heterocycles. The number of ether oxygens (including phenoxy) is 1. The number of hydrogen-bond acceptors (Lipinski definition) is 3. The molecule has 96 valence electrons. The van der Waals surface area contributed by atoms with Gasteiger partial charge in [-0.05, 0) is 24.3 Å². The van der Waals surface area contributed by atoms with E-state index >= 15 is 0 Å². The van der Waals surface area contributed by atoms with E-state index in [0.717, 1.165) is 5.75 Å². The van der Waals surface area contributed by atoms with E-state index in [1.165, 1.54) is 17.0 Å². The van der Waals surface area contributed by atoms with Gasteiger partial charge in [0.25, 0.3) is 0 Å². The number of thioether (sulfide) groups is 1. The summed E-state index contributed by atoms with van der Waals surface area (Å²) in [5.74, 6) is 0.687. The molecule has 0 heterocycles. The van der Waals surface area contributed by atoms with Crippen LogP contribution in [0.4, 0.5) is 4.39 Å². The summed E-state index contributed by atoms with van der Waals surface area (Å²) in [4.78, 5) is 1.18. The van der Waals surface area contributed by atoms with Gasteiger partial charge in [-0.3, -0.25) is 0 Å². The first-order chi connectivity index (χ1) is 9.29. The summed E-state index contributed by atoms with van der Waals surface area (Å²) in [6, 6.07) is 16.1. The number of nitriles is 1. The van der Waals surface area contributed by atoms with E-state index in [1.807, 2.05) is 30.3 Å². The van der Waals surface area contributed by atoms with E-state index in [4.69, 9.17) is 10.00 Å². The van der Waals surface area contributed by atoms with Gasteiger partial charge < -0.3 is 4.74 Å². The quantitative estimate of drug-likeness (QED) is 0.612. The van der Waals surface area contributed by atoms with Crippen LogP contribution in [0.5, 0.6) is 5.75 Å². The maximum absolute atomic E-state index is 13.3. The van der Waals surface area contributed by atoms with Gasteiger partial charge in [-0.25, -0.2) is 4.39 Å². The van der Waals surface area contributed by atoms with Gasteiger partial charge in [0.05, 0.1) is 12.2 Å². The highest BCUT2D eigenvalue weighted by molar-refractivity contribution is 7.99. The summed E-state index contributed by atoms with van der Waals surface area (Å²) in [5, 5.41) is 8.62. The van der Waals surface area contributed by atoms with Crippen molar-refractivity contribution < 1.29 is 9.13 Å². The van der Waals surface area contributed by atoms with Crippen molar-refractivity contribution in [1.29, 1.82) is 5.26 Å². The zero-order chi connectivity index (χ0) is 13.5. The van der Waals surface area contributed by atoms with Gasteiger partial charge >= 0.3 is 0 Å². The minimum atomic E-state index is -0.546. The van der Waals surface area contributed by atoms with E-state index in [1.54, 1.807) is 23.9 Å². The molecule has 0 aromatic heterocycles. The maximum Gasteiger partial charge on any atom is 0.144 e. The summed E-state index contributed by atoms with van der Waals surface area (Å²) in [7, 11) is 0. The molecule has 0 bridgehead atoms. The highest BCUT2D eigenvalue weighted by atomic mass is 32.2. The van der Waals surface area contributed by atoms with Crippen LogP contribution in [0.3, 0.4) is 0 Å². The van der Waals surface area contributed by atoms with Crippen LogP contribution in [0.25, 0.3) is 0 Å². The Morgan fingerprint density at radius 3 is 2.63 bits per heavy atom. The summed E-state index contributed by atoms with van der Waals surface area (Å²) in [5.41, 5.74) is 0.0333. The second-order valence-corrected chi connectivity index (χ2v) is 4.93. The van der Waals surface area contributed by atoms with Crippen molar-refractivity contribution in [3.63, 3.8) is 0 Å². The summed E-state index contributed by atoms with van der Waals surface area (Å²) in [6.07, 6.45) is 0. The fourth-order valence-electron chi connectivity index (χ4n) is 1.51. The maximum atomic E-state index is 13.3. The van der Waals surface area contributed by atoms with Gasteiger partial charge in [-0.15, -0.1) is 11.8 Å². The molecule has 2 nitrogen and oxygen atoms in total. The SMILES string of the molecule is N#Cc1ccc(OCCSc2ccccc2)cc1F. The van der Waals surface area contributed by atoms with Crippen molar-refractivity contribution in [2.75, 3.05) is 12.4 Å². The minimum Gasteiger partial charge on any atom is -0.493 e. The third-order valence-corrected chi connectivity index (χ3v) is 3.40. The molecule has 0 unspecified atom stereocenters. The van der Waals surface area contributed by atoms with Crippen molar-refractivity contribution in [1.82, 2.24) is 0 Å². The Bertz CT molecular complexity index is 580. The van der Waals surface area contributed by atoms with Crippen LogP contribution in [0.1, 0.15) is 5.56 Å². The smallest absolute Gasteiger partial charge is 0.144 e. The minimum absolute atomic E-state index is 0.0333. The molecular formula is C15H12FNOS. The second kappa shape index (κ2) is 6.81. The zero-order valence-corrected chi connectivity index (χ0v) is 11.0. The second-order valence-electron chi connectivity index (χ2n) is 3.76. The molecule has 0 aliphatic carbocycles. The topological polar surface area (TPSA) is 33.0 Å². The molecule has 0 spiro atoms. The number of rotatable bonds is 5. The van der Waals surface area contributed by atoms with Crippen LogP contribution in [0.15, 0.2) is 53.4 Å². The predicted molar refractivity (Wildman–Crippen MR) is 73.8 cm³/mol. The monoisotopic (exact) mass is 273 g/mol. The van der Waals surface area contributed by atoms with E-state index < -0.39 is 5.82 Å². The Labute approximate surface area is 115 Å². The van der Waals surface area contributed by atoms with Crippen LogP contribution in [0, 0.1) is 17.1 Å². The van der Waals surface area contributed by atoms with Crippen LogP contribution < -0.4 is 4.74 Å². The normalized spacial score (nSPS) is 9.89. The lowest BCUT2D eigenvalue weighted by Crippen LogP contribution is -2.00. The summed E-state index contributed by atoms with van der Waals surface area (Å²) < 4.78 is 18.8. The van der Waals surface area contributed by atoms with Crippen molar-refractivity contribution in [3.8, 4) is 11.8 Å². The fourth-order valence-corrected chi connectivity index (χ4v) is 2.26. The molecule has 0 aliphatic heterocycles. The number of halogens is 1. The van der Waals surface area contributed by atoms with Crippen molar-refractivity contribution in [3.05, 3.63) is 59.9 Å². The molecule has 2 aromatic carbocycles. The molecule has 0 N–H and O–H groups in total. The molecule has 0 atom stereocenters. The zero-order valence-electron chi connectivity index (χ0n) is 10.2. The molecule has 2 aromatic rings. The first-order valence-corrected chi connectivity index (χ1v) is 6.78. The highest BCUT2D eigenvalue weighted by Gasteiger charge is 2.03. The van der Waals surface area contributed by atoms with Gasteiger partial charge in [-0.1, -0.05) is 18.2 Å². The Morgan fingerprint density at radius 1 is 1.16 bits per heavy atom. The highest BCUT2D eigenvalue weighted by Crippen LogP contribution is 2.19. The molecule has 0 fully saturated rings. The number of nitrogens with zero attached hydrogens (tertiary/aromatic N) is 1. The third kappa shape index (κ3) is 4.01. The standard InChI is InChI=1S/C15H12FNOS/c16-15-10-13(7-6-12(15)11-17)18-8-9-19-14-4-2-1-3-5-14/h1-7,10H,8-9H2. The van der Waals surface area contributed by atoms with Crippen molar-refractivity contribution >= 4 is 11.8 Å². The van der Waals surface area contributed by atoms with Crippen LogP contribution >= 0.6 is 11.8 Å². The lowest BCUT2D eigenvalue weighted by molar-refractivity contribution is 0.342. The Balaban J connectivity index is 1.80. The number of benzene rings is 2. The van der Waals surface area contributed by atoms with Gasteiger partial charge in [0.15, 0.2) is 0 Å². The fraction of sp³-hybridized carbons (Fsp3) is 0.133. The van der Waals surface area contributed by atoms with Crippen LogP contribution in [-0.4, -0.2) is 12.4 Å². The summed E-state index contributed by atoms with van der Waals surface area (Å²) >= 11 is 1.68. The van der Waals surface area contributed by atoms with E-state index in [0.29, 0.717) is 12.4 Å². The third-order valence-electron chi connectivity index (χ3n) is 2.42. The molecule has 2 rings (SSSR count). The molecular weight excluding hydrogens is 261 g/mol. The summed E-state index contributed by atoms with van der Waals surface area (Å²) in [6.45, 7) is 0.491. The average Bonchev–Trinajstić information content (AvgIpc) is 2.45. The van der Waals surface area contributed by atoms with Crippen LogP contribution in [-0.2, 0) is 0 Å². The van der Waals surface area contributed by atoms with Crippen molar-refractivity contribution in [2.24, 2.45) is 0 Å². The van der Waals surface area contributed by atoms with Crippen molar-refractivity contribution in [2.45, 2.75) is 4.90 Å². The van der Waals surface area contributed by atoms with Crippen LogP contribution in [0.2, 0.25) is 0 Å². The molecule has 0 amide bonds.